The van der Waals surface area contributed by atoms with E-state index in [1.54, 1.807) is 21.8 Å². The van der Waals surface area contributed by atoms with Crippen LogP contribution in [0.1, 0.15) is 5.56 Å². The molecule has 10 nitrogen and oxygen atoms in total. The Kier molecular flexibility index (Phi) is 4.22. The molecule has 1 saturated heterocycles. The van der Waals surface area contributed by atoms with Gasteiger partial charge in [-0.1, -0.05) is 0 Å². The van der Waals surface area contributed by atoms with Crippen molar-refractivity contribution in [2.24, 2.45) is 7.05 Å². The Bertz CT molecular complexity index is 1110. The second kappa shape index (κ2) is 6.71. The van der Waals surface area contributed by atoms with Gasteiger partial charge in [0.05, 0.1) is 6.42 Å². The topological polar surface area (TPSA) is 109 Å². The third-order valence-corrected chi connectivity index (χ3v) is 4.79. The Morgan fingerprint density at radius 3 is 2.74 bits per heavy atom. The fourth-order valence-corrected chi connectivity index (χ4v) is 3.18. The number of carbonyl (C=O) groups is 1. The summed E-state index contributed by atoms with van der Waals surface area (Å²) in [6.45, 7) is 2.41. The molecule has 27 heavy (non-hydrogen) atoms. The van der Waals surface area contributed by atoms with Crippen LogP contribution < -0.4 is 16.1 Å². The molecule has 0 atom stereocenters. The van der Waals surface area contributed by atoms with Crippen molar-refractivity contribution in [3.05, 3.63) is 57.1 Å². The molecule has 0 saturated carbocycles. The molecule has 1 aliphatic heterocycles. The van der Waals surface area contributed by atoms with Gasteiger partial charge in [0, 0.05) is 57.4 Å². The summed E-state index contributed by atoms with van der Waals surface area (Å²) in [5.74, 6) is 0.707. The summed E-state index contributed by atoms with van der Waals surface area (Å²) in [6, 6.07) is 3.83. The summed E-state index contributed by atoms with van der Waals surface area (Å²) in [7, 11) is 1.39. The summed E-state index contributed by atoms with van der Waals surface area (Å²) in [6.07, 6.45) is 4.79. The lowest BCUT2D eigenvalue weighted by atomic mass is 10.2. The van der Waals surface area contributed by atoms with E-state index in [4.69, 9.17) is 0 Å². The smallest absolute Gasteiger partial charge is 0.328 e. The molecule has 1 aliphatic rings. The molecular weight excluding hydrogens is 350 g/mol. The van der Waals surface area contributed by atoms with Crippen LogP contribution in [-0.4, -0.2) is 61.1 Å². The van der Waals surface area contributed by atoms with Crippen molar-refractivity contribution in [2.45, 2.75) is 6.42 Å². The predicted molar refractivity (Wildman–Crippen MR) is 97.8 cm³/mol. The van der Waals surface area contributed by atoms with Gasteiger partial charge in [0.2, 0.25) is 5.91 Å². The van der Waals surface area contributed by atoms with Gasteiger partial charge in [0.1, 0.15) is 5.82 Å². The number of rotatable bonds is 3. The second-order valence-electron chi connectivity index (χ2n) is 6.45. The summed E-state index contributed by atoms with van der Waals surface area (Å²) in [5.41, 5.74) is 0.141. The van der Waals surface area contributed by atoms with Gasteiger partial charge in [-0.25, -0.2) is 14.3 Å². The lowest BCUT2D eigenvalue weighted by Crippen LogP contribution is -2.50. The molecular formula is C17H19N7O3. The van der Waals surface area contributed by atoms with Crippen LogP contribution in [0.2, 0.25) is 0 Å². The van der Waals surface area contributed by atoms with Crippen LogP contribution in [0.15, 0.2) is 40.3 Å². The molecule has 140 valence electrons. The molecule has 0 radical (unpaired) electrons. The molecule has 1 amide bonds. The Labute approximate surface area is 153 Å². The predicted octanol–water partition coefficient (Wildman–Crippen LogP) is -0.992. The maximum absolute atomic E-state index is 12.5. The first-order valence-corrected chi connectivity index (χ1v) is 8.63. The molecule has 0 unspecified atom stereocenters. The number of aromatic amines is 1. The maximum Gasteiger partial charge on any atom is 0.328 e. The summed E-state index contributed by atoms with van der Waals surface area (Å²) >= 11 is 0. The van der Waals surface area contributed by atoms with Crippen molar-refractivity contribution in [3.8, 4) is 0 Å². The number of fused-ring (bicyclic) bond motifs is 1. The number of H-pyrrole nitrogens is 1. The fraction of sp³-hybridized carbons (Fsp3) is 0.353. The first-order chi connectivity index (χ1) is 13.0. The van der Waals surface area contributed by atoms with Gasteiger partial charge in [-0.15, -0.1) is 5.10 Å². The summed E-state index contributed by atoms with van der Waals surface area (Å²) < 4.78 is 2.69. The van der Waals surface area contributed by atoms with Gasteiger partial charge in [0.15, 0.2) is 5.65 Å². The number of nitrogens with one attached hydrogen (secondary N) is 1. The number of imidazole rings is 1. The highest BCUT2D eigenvalue weighted by atomic mass is 16.2. The highest BCUT2D eigenvalue weighted by Crippen LogP contribution is 2.14. The van der Waals surface area contributed by atoms with E-state index in [2.05, 4.69) is 20.0 Å². The SMILES string of the molecule is Cn1c(=O)[nH]cc(CC(=O)N2CCN(c3ccc4nccn4n3)CC2)c1=O. The molecule has 1 fully saturated rings. The average Bonchev–Trinajstić information content (AvgIpc) is 3.16. The quantitative estimate of drug-likeness (QED) is 0.635. The molecule has 3 aromatic rings. The van der Waals surface area contributed by atoms with Crippen LogP contribution >= 0.6 is 0 Å². The number of anilines is 1. The molecule has 0 bridgehead atoms. The van der Waals surface area contributed by atoms with E-state index < -0.39 is 11.2 Å². The van der Waals surface area contributed by atoms with Crippen LogP contribution in [0.5, 0.6) is 0 Å². The third kappa shape index (κ3) is 3.21. The fourth-order valence-electron chi connectivity index (χ4n) is 3.18. The maximum atomic E-state index is 12.5. The van der Waals surface area contributed by atoms with Crippen molar-refractivity contribution >= 4 is 17.4 Å². The van der Waals surface area contributed by atoms with Crippen molar-refractivity contribution < 1.29 is 4.79 Å². The number of hydrogen-bond donors (Lipinski definition) is 1. The molecule has 4 rings (SSSR count). The van der Waals surface area contributed by atoms with Crippen molar-refractivity contribution in [3.63, 3.8) is 0 Å². The molecule has 0 aliphatic carbocycles. The highest BCUT2D eigenvalue weighted by Gasteiger charge is 2.23. The van der Waals surface area contributed by atoms with E-state index in [1.165, 1.54) is 13.2 Å². The monoisotopic (exact) mass is 369 g/mol. The number of amides is 1. The Morgan fingerprint density at radius 2 is 1.96 bits per heavy atom. The van der Waals surface area contributed by atoms with Gasteiger partial charge in [-0.05, 0) is 12.1 Å². The van der Waals surface area contributed by atoms with Crippen LogP contribution in [0.4, 0.5) is 5.82 Å². The number of hydrogen-bond acceptors (Lipinski definition) is 6. The van der Waals surface area contributed by atoms with Gasteiger partial charge < -0.3 is 14.8 Å². The lowest BCUT2D eigenvalue weighted by Gasteiger charge is -2.35. The summed E-state index contributed by atoms with van der Waals surface area (Å²) in [5, 5.41) is 4.52. The van der Waals surface area contributed by atoms with E-state index in [0.717, 1.165) is 16.0 Å². The minimum Gasteiger partial charge on any atom is -0.352 e. The molecule has 3 aromatic heterocycles. The largest absolute Gasteiger partial charge is 0.352 e. The van der Waals surface area contributed by atoms with Gasteiger partial charge in [-0.3, -0.25) is 14.2 Å². The van der Waals surface area contributed by atoms with Gasteiger partial charge in [0.25, 0.3) is 5.56 Å². The minimum absolute atomic E-state index is 0.0251. The number of carbonyl (C=O) groups excluding carboxylic acids is 1. The van der Waals surface area contributed by atoms with Crippen LogP contribution in [0.25, 0.3) is 5.65 Å². The molecule has 10 heteroatoms. The van der Waals surface area contributed by atoms with Gasteiger partial charge in [-0.2, -0.15) is 0 Å². The number of nitrogens with zero attached hydrogens (tertiary/aromatic N) is 6. The molecule has 4 heterocycles. The second-order valence-corrected chi connectivity index (χ2v) is 6.45. The first-order valence-electron chi connectivity index (χ1n) is 8.63. The zero-order valence-corrected chi connectivity index (χ0v) is 14.8. The van der Waals surface area contributed by atoms with E-state index in [0.29, 0.717) is 26.2 Å². The zero-order valence-electron chi connectivity index (χ0n) is 14.8. The normalized spacial score (nSPS) is 14.7. The molecule has 0 spiro atoms. The number of aromatic nitrogens is 5. The Balaban J connectivity index is 1.41. The van der Waals surface area contributed by atoms with Crippen molar-refractivity contribution in [1.82, 2.24) is 29.0 Å². The molecule has 1 N–H and O–H groups in total. The standard InChI is InChI=1S/C17H19N7O3/c1-21-16(26)12(11-19-17(21)27)10-15(25)23-8-6-22(7-9-23)14-3-2-13-18-4-5-24(13)20-14/h2-5,11H,6-10H2,1H3,(H,19,27). The number of piperazine rings is 1. The highest BCUT2D eigenvalue weighted by molar-refractivity contribution is 5.78. The summed E-state index contributed by atoms with van der Waals surface area (Å²) in [4.78, 5) is 46.5. The van der Waals surface area contributed by atoms with E-state index in [-0.39, 0.29) is 17.9 Å². The van der Waals surface area contributed by atoms with Crippen molar-refractivity contribution in [1.29, 1.82) is 0 Å². The minimum atomic E-state index is -0.493. The Morgan fingerprint density at radius 1 is 1.19 bits per heavy atom. The lowest BCUT2D eigenvalue weighted by molar-refractivity contribution is -0.130. The zero-order chi connectivity index (χ0) is 19.0. The van der Waals surface area contributed by atoms with E-state index >= 15 is 0 Å². The van der Waals surface area contributed by atoms with Crippen LogP contribution in [-0.2, 0) is 18.3 Å². The first kappa shape index (κ1) is 17.0. The van der Waals surface area contributed by atoms with E-state index in [9.17, 15) is 14.4 Å². The van der Waals surface area contributed by atoms with Crippen LogP contribution in [0, 0.1) is 0 Å². The Hall–Kier alpha value is -3.43. The van der Waals surface area contributed by atoms with Crippen molar-refractivity contribution in [2.75, 3.05) is 31.1 Å². The third-order valence-electron chi connectivity index (χ3n) is 4.79. The molecule has 0 aromatic carbocycles. The van der Waals surface area contributed by atoms with E-state index in [1.807, 2.05) is 12.1 Å². The van der Waals surface area contributed by atoms with Crippen LogP contribution in [0.3, 0.4) is 0 Å². The van der Waals surface area contributed by atoms with Gasteiger partial charge >= 0.3 is 5.69 Å². The average molecular weight is 369 g/mol.